The quantitative estimate of drug-likeness (QED) is 0.575. The van der Waals surface area contributed by atoms with Gasteiger partial charge < -0.3 is 9.84 Å². The van der Waals surface area contributed by atoms with E-state index in [2.05, 4.69) is 6.58 Å². The van der Waals surface area contributed by atoms with Crippen LogP contribution >= 0.6 is 0 Å². The lowest BCUT2D eigenvalue weighted by Crippen LogP contribution is -2.35. The number of hydrogen-bond donors (Lipinski definition) is 1. The number of aliphatic carboxylic acids is 1. The van der Waals surface area contributed by atoms with Gasteiger partial charge in [0.1, 0.15) is 0 Å². The van der Waals surface area contributed by atoms with Gasteiger partial charge in [0, 0.05) is 26.6 Å². The predicted molar refractivity (Wildman–Crippen MR) is 64.3 cm³/mol. The maximum Gasteiger partial charge on any atom is 0.303 e. The van der Waals surface area contributed by atoms with E-state index >= 15 is 0 Å². The van der Waals surface area contributed by atoms with Crippen LogP contribution in [0.5, 0.6) is 0 Å². The van der Waals surface area contributed by atoms with Crippen LogP contribution in [0.25, 0.3) is 0 Å². The van der Waals surface area contributed by atoms with Crippen molar-refractivity contribution >= 4 is 16.0 Å². The number of carboxylic acids is 1. The van der Waals surface area contributed by atoms with Gasteiger partial charge in [-0.25, -0.2) is 8.42 Å². The highest BCUT2D eigenvalue weighted by molar-refractivity contribution is 7.89. The Labute approximate surface area is 102 Å². The second kappa shape index (κ2) is 8.21. The lowest BCUT2D eigenvalue weighted by atomic mass is 10.3. The zero-order chi connectivity index (χ0) is 13.3. The van der Waals surface area contributed by atoms with Crippen molar-refractivity contribution in [3.63, 3.8) is 0 Å². The molecule has 0 bridgehead atoms. The van der Waals surface area contributed by atoms with Crippen LogP contribution in [0.4, 0.5) is 0 Å². The molecule has 17 heavy (non-hydrogen) atoms. The van der Waals surface area contributed by atoms with Crippen LogP contribution in [0.1, 0.15) is 12.8 Å². The molecule has 0 unspecified atom stereocenters. The van der Waals surface area contributed by atoms with Crippen LogP contribution in [0, 0.1) is 0 Å². The Kier molecular flexibility index (Phi) is 7.77. The summed E-state index contributed by atoms with van der Waals surface area (Å²) in [5, 5.41) is 8.45. The molecule has 0 saturated carbocycles. The fraction of sp³-hybridized carbons (Fsp3) is 0.700. The zero-order valence-corrected chi connectivity index (χ0v) is 10.8. The Bertz CT molecular complexity index is 339. The van der Waals surface area contributed by atoms with Crippen LogP contribution in [0.2, 0.25) is 0 Å². The van der Waals surface area contributed by atoms with Crippen molar-refractivity contribution in [2.75, 3.05) is 32.6 Å². The monoisotopic (exact) mass is 265 g/mol. The van der Waals surface area contributed by atoms with Crippen LogP contribution in [-0.2, 0) is 19.6 Å². The number of methoxy groups -OCH3 is 1. The van der Waals surface area contributed by atoms with Gasteiger partial charge in [-0.1, -0.05) is 6.08 Å². The minimum Gasteiger partial charge on any atom is -0.481 e. The molecular formula is C10H19NO5S. The standard InChI is InChI=1S/C10H19NO5S/c1-3-6-11(7-8-16-2)17(14,15)9-4-5-10(12)13/h3H,1,4-9H2,2H3,(H,12,13). The second-order valence-corrected chi connectivity index (χ2v) is 5.54. The van der Waals surface area contributed by atoms with Crippen LogP contribution in [-0.4, -0.2) is 56.4 Å². The molecule has 0 aromatic rings. The normalized spacial score (nSPS) is 11.6. The average Bonchev–Trinajstić information content (AvgIpc) is 2.23. The van der Waals surface area contributed by atoms with Gasteiger partial charge in [-0.2, -0.15) is 4.31 Å². The van der Waals surface area contributed by atoms with Crippen LogP contribution in [0.3, 0.4) is 0 Å². The van der Waals surface area contributed by atoms with Crippen molar-refractivity contribution in [1.29, 1.82) is 0 Å². The predicted octanol–water partition coefficient (Wildman–Crippen LogP) is 0.315. The van der Waals surface area contributed by atoms with Gasteiger partial charge in [0.05, 0.1) is 12.4 Å². The third-order valence-corrected chi connectivity index (χ3v) is 3.99. The highest BCUT2D eigenvalue weighted by Gasteiger charge is 2.20. The summed E-state index contributed by atoms with van der Waals surface area (Å²) in [6.45, 7) is 4.24. The van der Waals surface area contributed by atoms with Crippen LogP contribution in [0.15, 0.2) is 12.7 Å². The van der Waals surface area contributed by atoms with Crippen molar-refractivity contribution in [2.45, 2.75) is 12.8 Å². The summed E-state index contributed by atoms with van der Waals surface area (Å²) in [6.07, 6.45) is 1.45. The number of carbonyl (C=O) groups is 1. The molecule has 0 aliphatic heterocycles. The van der Waals surface area contributed by atoms with E-state index in [1.807, 2.05) is 0 Å². The largest absolute Gasteiger partial charge is 0.481 e. The molecule has 0 aliphatic carbocycles. The summed E-state index contributed by atoms with van der Waals surface area (Å²) in [5.74, 6) is -1.16. The van der Waals surface area contributed by atoms with Gasteiger partial charge in [-0.3, -0.25) is 4.79 Å². The van der Waals surface area contributed by atoms with Crippen molar-refractivity contribution in [3.8, 4) is 0 Å². The summed E-state index contributed by atoms with van der Waals surface area (Å²) >= 11 is 0. The average molecular weight is 265 g/mol. The summed E-state index contributed by atoms with van der Waals surface area (Å²) in [6, 6.07) is 0. The van der Waals surface area contributed by atoms with Gasteiger partial charge in [0.25, 0.3) is 0 Å². The SMILES string of the molecule is C=CCN(CCOC)S(=O)(=O)CCCC(=O)O. The molecule has 0 heterocycles. The first-order valence-corrected chi connectivity index (χ1v) is 6.84. The highest BCUT2D eigenvalue weighted by Crippen LogP contribution is 2.05. The lowest BCUT2D eigenvalue weighted by Gasteiger charge is -2.19. The molecule has 7 heteroatoms. The number of nitrogens with zero attached hydrogens (tertiary/aromatic N) is 1. The van der Waals surface area contributed by atoms with E-state index in [0.29, 0.717) is 6.61 Å². The zero-order valence-electron chi connectivity index (χ0n) is 9.96. The first-order valence-electron chi connectivity index (χ1n) is 5.23. The van der Waals surface area contributed by atoms with Gasteiger partial charge in [0.2, 0.25) is 10.0 Å². The number of rotatable bonds is 10. The summed E-state index contributed by atoms with van der Waals surface area (Å²) in [7, 11) is -1.94. The smallest absolute Gasteiger partial charge is 0.303 e. The van der Waals surface area contributed by atoms with Gasteiger partial charge in [-0.15, -0.1) is 6.58 Å². The minimum absolute atomic E-state index is 0.109. The van der Waals surface area contributed by atoms with E-state index in [1.165, 1.54) is 17.5 Å². The molecule has 0 fully saturated rings. The van der Waals surface area contributed by atoms with Crippen molar-refractivity contribution < 1.29 is 23.1 Å². The number of sulfonamides is 1. The minimum atomic E-state index is -3.43. The van der Waals surface area contributed by atoms with Crippen molar-refractivity contribution in [2.24, 2.45) is 0 Å². The van der Waals surface area contributed by atoms with Crippen molar-refractivity contribution in [3.05, 3.63) is 12.7 Å². The molecule has 0 aromatic heterocycles. The fourth-order valence-corrected chi connectivity index (χ4v) is 2.67. The molecule has 1 N–H and O–H groups in total. The molecule has 6 nitrogen and oxygen atoms in total. The first-order chi connectivity index (χ1) is 7.94. The van der Waals surface area contributed by atoms with E-state index in [1.54, 1.807) is 0 Å². The van der Waals surface area contributed by atoms with E-state index in [4.69, 9.17) is 9.84 Å². The first kappa shape index (κ1) is 16.1. The molecule has 0 amide bonds. The van der Waals surface area contributed by atoms with Gasteiger partial charge in [-0.05, 0) is 6.42 Å². The van der Waals surface area contributed by atoms with Gasteiger partial charge >= 0.3 is 5.97 Å². The Morgan fingerprint density at radius 1 is 1.53 bits per heavy atom. The third kappa shape index (κ3) is 7.09. The maximum absolute atomic E-state index is 11.8. The molecule has 0 saturated heterocycles. The molecular weight excluding hydrogens is 246 g/mol. The third-order valence-electron chi connectivity index (χ3n) is 2.06. The molecule has 100 valence electrons. The van der Waals surface area contributed by atoms with Crippen LogP contribution < -0.4 is 0 Å². The molecule has 0 aliphatic rings. The highest BCUT2D eigenvalue weighted by atomic mass is 32.2. The summed E-state index contributed by atoms with van der Waals surface area (Å²) in [5.41, 5.74) is 0. The van der Waals surface area contributed by atoms with Gasteiger partial charge in [0.15, 0.2) is 0 Å². The maximum atomic E-state index is 11.8. The molecule has 0 atom stereocenters. The van der Waals surface area contributed by atoms with Crippen molar-refractivity contribution in [1.82, 2.24) is 4.31 Å². The topological polar surface area (TPSA) is 83.9 Å². The lowest BCUT2D eigenvalue weighted by molar-refractivity contribution is -0.137. The fourth-order valence-electron chi connectivity index (χ4n) is 1.22. The number of carboxylic acid groups (broad SMARTS) is 1. The molecule has 0 spiro atoms. The Morgan fingerprint density at radius 3 is 2.65 bits per heavy atom. The molecule has 0 rings (SSSR count). The number of ether oxygens (including phenoxy) is 1. The van der Waals surface area contributed by atoms with E-state index in [9.17, 15) is 13.2 Å². The Hall–Kier alpha value is -0.920. The van der Waals surface area contributed by atoms with E-state index in [-0.39, 0.29) is 31.7 Å². The van der Waals surface area contributed by atoms with E-state index in [0.717, 1.165) is 0 Å². The van der Waals surface area contributed by atoms with E-state index < -0.39 is 16.0 Å². The Morgan fingerprint density at radius 2 is 2.18 bits per heavy atom. The number of hydrogen-bond acceptors (Lipinski definition) is 4. The second-order valence-electron chi connectivity index (χ2n) is 3.45. The summed E-state index contributed by atoms with van der Waals surface area (Å²) < 4.78 is 29.7. The molecule has 0 radical (unpaired) electrons. The summed E-state index contributed by atoms with van der Waals surface area (Å²) in [4.78, 5) is 10.3. The Balaban J connectivity index is 4.37. The molecule has 0 aromatic carbocycles.